The topological polar surface area (TPSA) is 94.2 Å². The monoisotopic (exact) mass is 452 g/mol. The van der Waals surface area contributed by atoms with Crippen molar-refractivity contribution in [1.29, 1.82) is 0 Å². The number of carbonyl (C=O) groups is 2. The number of rotatable bonds is 7. The fourth-order valence-electron chi connectivity index (χ4n) is 4.20. The normalized spacial score (nSPS) is 11.2. The fraction of sp³-hybridized carbons (Fsp3) is 0.192. The van der Waals surface area contributed by atoms with E-state index in [1.54, 1.807) is 4.68 Å². The van der Waals surface area contributed by atoms with E-state index in [0.29, 0.717) is 29.6 Å². The van der Waals surface area contributed by atoms with E-state index in [1.807, 2.05) is 85.1 Å². The quantitative estimate of drug-likeness (QED) is 0.381. The van der Waals surface area contributed by atoms with Crippen LogP contribution in [-0.4, -0.2) is 42.6 Å². The highest BCUT2D eigenvalue weighted by molar-refractivity contribution is 6.05. The van der Waals surface area contributed by atoms with Gasteiger partial charge < -0.3 is 5.32 Å². The van der Waals surface area contributed by atoms with E-state index in [4.69, 9.17) is 0 Å². The van der Waals surface area contributed by atoms with Crippen molar-refractivity contribution in [3.63, 3.8) is 0 Å². The number of carbonyl (C=O) groups excluding carboxylic acids is 2. The van der Waals surface area contributed by atoms with Crippen molar-refractivity contribution in [2.24, 2.45) is 0 Å². The molecule has 0 bridgehead atoms. The summed E-state index contributed by atoms with van der Waals surface area (Å²) in [5.41, 5.74) is 4.51. The summed E-state index contributed by atoms with van der Waals surface area (Å²) in [6.45, 7) is 4.37. The maximum Gasteiger partial charge on any atom is 0.272 e. The van der Waals surface area contributed by atoms with Crippen LogP contribution >= 0.6 is 0 Å². The second kappa shape index (κ2) is 8.90. The number of ketones is 1. The molecule has 8 heteroatoms. The lowest BCUT2D eigenvalue weighted by Gasteiger charge is -2.07. The first-order chi connectivity index (χ1) is 16.5. The maximum absolute atomic E-state index is 13.0. The Morgan fingerprint density at radius 2 is 1.79 bits per heavy atom. The Balaban J connectivity index is 1.34. The van der Waals surface area contributed by atoms with E-state index in [1.165, 1.54) is 0 Å². The lowest BCUT2D eigenvalue weighted by molar-refractivity contribution is 0.0938. The number of Topliss-reactive ketones (excluding diaryl/α,β-unsaturated/α-hetero) is 1. The van der Waals surface area contributed by atoms with Crippen molar-refractivity contribution in [2.45, 2.75) is 26.8 Å². The van der Waals surface area contributed by atoms with Gasteiger partial charge in [-0.05, 0) is 37.6 Å². The average Bonchev–Trinajstić information content (AvgIpc) is 3.41. The average molecular weight is 453 g/mol. The highest BCUT2D eigenvalue weighted by atomic mass is 16.2. The zero-order chi connectivity index (χ0) is 23.7. The van der Waals surface area contributed by atoms with Crippen LogP contribution in [-0.2, 0) is 13.0 Å². The van der Waals surface area contributed by atoms with Crippen molar-refractivity contribution in [2.75, 3.05) is 6.54 Å². The number of para-hydroxylation sites is 1. The van der Waals surface area contributed by atoms with Crippen molar-refractivity contribution < 1.29 is 9.59 Å². The molecular weight excluding hydrogens is 428 g/mol. The Morgan fingerprint density at radius 3 is 2.65 bits per heavy atom. The van der Waals surface area contributed by atoms with Gasteiger partial charge >= 0.3 is 0 Å². The van der Waals surface area contributed by atoms with E-state index in [9.17, 15) is 9.59 Å². The predicted octanol–water partition coefficient (Wildman–Crippen LogP) is 3.55. The van der Waals surface area contributed by atoms with Crippen LogP contribution in [0.1, 0.15) is 37.8 Å². The van der Waals surface area contributed by atoms with Crippen LogP contribution in [0.15, 0.2) is 66.9 Å². The molecule has 3 aromatic heterocycles. The molecule has 34 heavy (non-hydrogen) atoms. The Morgan fingerprint density at radius 1 is 0.971 bits per heavy atom. The second-order valence-corrected chi connectivity index (χ2v) is 8.32. The van der Waals surface area contributed by atoms with Gasteiger partial charge in [0.15, 0.2) is 17.1 Å². The maximum atomic E-state index is 13.0. The number of nitrogens with zero attached hydrogens (tertiary/aromatic N) is 5. The van der Waals surface area contributed by atoms with Gasteiger partial charge in [-0.25, -0.2) is 0 Å². The number of aryl methyl sites for hydroxylation is 2. The second-order valence-electron chi connectivity index (χ2n) is 8.32. The van der Waals surface area contributed by atoms with Crippen molar-refractivity contribution >= 4 is 28.2 Å². The van der Waals surface area contributed by atoms with Gasteiger partial charge in [0.25, 0.3) is 5.91 Å². The molecule has 0 aliphatic rings. The van der Waals surface area contributed by atoms with Crippen LogP contribution in [0.25, 0.3) is 16.6 Å². The number of pyridine rings is 1. The fourth-order valence-corrected chi connectivity index (χ4v) is 4.20. The summed E-state index contributed by atoms with van der Waals surface area (Å²) in [4.78, 5) is 26.0. The Kier molecular flexibility index (Phi) is 5.63. The molecule has 0 aliphatic heterocycles. The molecule has 1 N–H and O–H groups in total. The minimum Gasteiger partial charge on any atom is -0.350 e. The Hall–Kier alpha value is -4.33. The third-order valence-electron chi connectivity index (χ3n) is 5.87. The van der Waals surface area contributed by atoms with Gasteiger partial charge in [-0.15, -0.1) is 10.2 Å². The molecule has 0 atom stereocenters. The first kappa shape index (κ1) is 21.5. The smallest absolute Gasteiger partial charge is 0.272 e. The van der Waals surface area contributed by atoms with E-state index in [0.717, 1.165) is 28.1 Å². The Labute approximate surface area is 196 Å². The number of fused-ring (bicyclic) bond motifs is 2. The summed E-state index contributed by atoms with van der Waals surface area (Å²) < 4.78 is 3.51. The zero-order valence-corrected chi connectivity index (χ0v) is 19.0. The van der Waals surface area contributed by atoms with Gasteiger partial charge in [-0.2, -0.15) is 5.10 Å². The van der Waals surface area contributed by atoms with Crippen molar-refractivity contribution in [3.8, 4) is 0 Å². The standard InChI is InChI=1S/C26H24N6O2/c1-17-10-11-19(18(2)15-17)22(33)16-32-21-8-4-3-7-20(21)25(30-32)26(34)27-13-12-24-29-28-23-9-5-6-14-31(23)24/h3-11,14-15H,12-13,16H2,1-2H3,(H,27,34). The summed E-state index contributed by atoms with van der Waals surface area (Å²) in [7, 11) is 0. The summed E-state index contributed by atoms with van der Waals surface area (Å²) in [6, 6.07) is 18.9. The number of nitrogens with one attached hydrogen (secondary N) is 1. The summed E-state index contributed by atoms with van der Waals surface area (Å²) in [5.74, 6) is 0.435. The molecule has 0 fully saturated rings. The molecule has 170 valence electrons. The molecule has 2 aromatic carbocycles. The SMILES string of the molecule is Cc1ccc(C(=O)Cn2nc(C(=O)NCCc3nnc4ccccn34)c3ccccc32)c(C)c1. The molecular formula is C26H24N6O2. The van der Waals surface area contributed by atoms with Crippen LogP contribution in [0.4, 0.5) is 0 Å². The van der Waals surface area contributed by atoms with Gasteiger partial charge in [-0.3, -0.25) is 18.7 Å². The molecule has 0 saturated heterocycles. The zero-order valence-electron chi connectivity index (χ0n) is 19.0. The van der Waals surface area contributed by atoms with E-state index < -0.39 is 0 Å². The number of hydrogen-bond acceptors (Lipinski definition) is 5. The number of amides is 1. The number of hydrogen-bond donors (Lipinski definition) is 1. The van der Waals surface area contributed by atoms with Crippen LogP contribution in [0, 0.1) is 13.8 Å². The molecule has 8 nitrogen and oxygen atoms in total. The van der Waals surface area contributed by atoms with Gasteiger partial charge in [0.2, 0.25) is 0 Å². The van der Waals surface area contributed by atoms with Crippen LogP contribution in [0.3, 0.4) is 0 Å². The number of aromatic nitrogens is 5. The molecule has 0 saturated carbocycles. The minimum absolute atomic E-state index is 0.0450. The third kappa shape index (κ3) is 4.05. The molecule has 5 aromatic rings. The van der Waals surface area contributed by atoms with Gasteiger partial charge in [0.1, 0.15) is 12.4 Å². The lowest BCUT2D eigenvalue weighted by atomic mass is 10.0. The largest absolute Gasteiger partial charge is 0.350 e. The van der Waals surface area contributed by atoms with Gasteiger partial charge in [-0.1, -0.05) is 48.0 Å². The highest BCUT2D eigenvalue weighted by Crippen LogP contribution is 2.20. The Bertz CT molecular complexity index is 1530. The van der Waals surface area contributed by atoms with E-state index >= 15 is 0 Å². The predicted molar refractivity (Wildman–Crippen MR) is 129 cm³/mol. The lowest BCUT2D eigenvalue weighted by Crippen LogP contribution is -2.27. The minimum atomic E-state index is -0.289. The van der Waals surface area contributed by atoms with Gasteiger partial charge in [0, 0.05) is 30.1 Å². The van der Waals surface area contributed by atoms with Crippen molar-refractivity contribution in [3.05, 3.63) is 95.1 Å². The van der Waals surface area contributed by atoms with Crippen LogP contribution in [0.5, 0.6) is 0 Å². The molecule has 5 rings (SSSR count). The van der Waals surface area contributed by atoms with Gasteiger partial charge in [0.05, 0.1) is 5.52 Å². The van der Waals surface area contributed by atoms with Crippen LogP contribution in [0.2, 0.25) is 0 Å². The molecule has 0 unspecified atom stereocenters. The molecule has 0 aliphatic carbocycles. The first-order valence-corrected chi connectivity index (χ1v) is 11.1. The molecule has 3 heterocycles. The number of benzene rings is 2. The van der Waals surface area contributed by atoms with Crippen LogP contribution < -0.4 is 5.32 Å². The molecule has 0 radical (unpaired) electrons. The highest BCUT2D eigenvalue weighted by Gasteiger charge is 2.19. The van der Waals surface area contributed by atoms with E-state index in [-0.39, 0.29) is 18.2 Å². The molecule has 0 spiro atoms. The first-order valence-electron chi connectivity index (χ1n) is 11.1. The third-order valence-corrected chi connectivity index (χ3v) is 5.87. The molecule has 1 amide bonds. The summed E-state index contributed by atoms with van der Waals surface area (Å²) in [6.07, 6.45) is 2.43. The van der Waals surface area contributed by atoms with Crippen molar-refractivity contribution in [1.82, 2.24) is 29.7 Å². The summed E-state index contributed by atoms with van der Waals surface area (Å²) in [5, 5.41) is 16.5. The summed E-state index contributed by atoms with van der Waals surface area (Å²) >= 11 is 0. The van der Waals surface area contributed by atoms with E-state index in [2.05, 4.69) is 20.6 Å².